The molecule has 0 unspecified atom stereocenters. The molecular formula is C10H14N2OS2. The maximum atomic E-state index is 11.9. The van der Waals surface area contributed by atoms with Crippen molar-refractivity contribution in [3.63, 3.8) is 0 Å². The highest BCUT2D eigenvalue weighted by atomic mass is 32.1. The highest BCUT2D eigenvalue weighted by Gasteiger charge is 2.15. The van der Waals surface area contributed by atoms with Gasteiger partial charge in [0.1, 0.15) is 0 Å². The Morgan fingerprint density at radius 2 is 2.27 bits per heavy atom. The van der Waals surface area contributed by atoms with Crippen molar-refractivity contribution in [2.24, 2.45) is 5.73 Å². The average Bonchev–Trinajstić information content (AvgIpc) is 2.60. The lowest BCUT2D eigenvalue weighted by atomic mass is 10.3. The first kappa shape index (κ1) is 12.1. The van der Waals surface area contributed by atoms with Crippen LogP contribution in [0.15, 0.2) is 12.1 Å². The number of thiocarbonyl (C=S) groups is 1. The van der Waals surface area contributed by atoms with E-state index in [1.165, 1.54) is 11.3 Å². The zero-order valence-corrected chi connectivity index (χ0v) is 10.5. The summed E-state index contributed by atoms with van der Waals surface area (Å²) in [4.78, 5) is 15.8. The van der Waals surface area contributed by atoms with Crippen LogP contribution in [-0.4, -0.2) is 28.9 Å². The van der Waals surface area contributed by atoms with Gasteiger partial charge >= 0.3 is 0 Å². The van der Waals surface area contributed by atoms with Gasteiger partial charge in [0.25, 0.3) is 5.91 Å². The van der Waals surface area contributed by atoms with Crippen LogP contribution in [0, 0.1) is 6.92 Å². The van der Waals surface area contributed by atoms with Crippen LogP contribution in [0.4, 0.5) is 0 Å². The fourth-order valence-electron chi connectivity index (χ4n) is 1.22. The molecular weight excluding hydrogens is 228 g/mol. The number of nitrogens with zero attached hydrogens (tertiary/aromatic N) is 1. The molecule has 0 spiro atoms. The number of thiophene rings is 1. The highest BCUT2D eigenvalue weighted by Crippen LogP contribution is 2.16. The molecule has 0 aliphatic carbocycles. The van der Waals surface area contributed by atoms with Crippen LogP contribution in [-0.2, 0) is 0 Å². The van der Waals surface area contributed by atoms with E-state index in [-0.39, 0.29) is 5.91 Å². The minimum Gasteiger partial charge on any atom is -0.392 e. The van der Waals surface area contributed by atoms with Gasteiger partial charge in [-0.1, -0.05) is 12.2 Å². The normalized spacial score (nSPS) is 10.0. The van der Waals surface area contributed by atoms with Gasteiger partial charge in [-0.2, -0.15) is 0 Å². The predicted octanol–water partition coefficient (Wildman–Crippen LogP) is 1.80. The molecule has 3 nitrogen and oxygen atoms in total. The zero-order valence-electron chi connectivity index (χ0n) is 8.82. The van der Waals surface area contributed by atoms with E-state index in [1.807, 2.05) is 26.0 Å². The highest BCUT2D eigenvalue weighted by molar-refractivity contribution is 7.80. The van der Waals surface area contributed by atoms with Crippen LogP contribution in [0.5, 0.6) is 0 Å². The number of carbonyl (C=O) groups is 1. The van der Waals surface area contributed by atoms with Gasteiger partial charge in [-0.05, 0) is 26.0 Å². The molecule has 0 radical (unpaired) electrons. The number of carbonyl (C=O) groups excluding carboxylic acids is 1. The second-order valence-electron chi connectivity index (χ2n) is 3.20. The van der Waals surface area contributed by atoms with E-state index in [2.05, 4.69) is 0 Å². The van der Waals surface area contributed by atoms with E-state index in [0.29, 0.717) is 18.1 Å². The Labute approximate surface area is 98.9 Å². The molecule has 82 valence electrons. The largest absolute Gasteiger partial charge is 0.392 e. The lowest BCUT2D eigenvalue weighted by Crippen LogP contribution is -2.37. The summed E-state index contributed by atoms with van der Waals surface area (Å²) in [7, 11) is 0. The van der Waals surface area contributed by atoms with Gasteiger partial charge in [-0.25, -0.2) is 0 Å². The molecule has 1 aromatic heterocycles. The SMILES string of the molecule is CCN(CC(N)=S)C(=O)c1ccc(C)s1. The van der Waals surface area contributed by atoms with E-state index < -0.39 is 0 Å². The van der Waals surface area contributed by atoms with E-state index in [4.69, 9.17) is 18.0 Å². The van der Waals surface area contributed by atoms with Crippen molar-refractivity contribution in [3.05, 3.63) is 21.9 Å². The second-order valence-corrected chi connectivity index (χ2v) is 5.01. The van der Waals surface area contributed by atoms with Crippen LogP contribution >= 0.6 is 23.6 Å². The molecule has 15 heavy (non-hydrogen) atoms. The molecule has 0 aromatic carbocycles. The van der Waals surface area contributed by atoms with Gasteiger partial charge in [0.15, 0.2) is 0 Å². The van der Waals surface area contributed by atoms with Crippen molar-refractivity contribution in [2.45, 2.75) is 13.8 Å². The molecule has 0 fully saturated rings. The Kier molecular flexibility index (Phi) is 4.23. The first-order valence-corrected chi connectivity index (χ1v) is 5.91. The zero-order chi connectivity index (χ0) is 11.4. The third kappa shape index (κ3) is 3.28. The molecule has 0 aliphatic rings. The van der Waals surface area contributed by atoms with Gasteiger partial charge in [0, 0.05) is 11.4 Å². The third-order valence-corrected chi connectivity index (χ3v) is 3.08. The molecule has 0 atom stereocenters. The molecule has 0 bridgehead atoms. The molecule has 1 heterocycles. The Morgan fingerprint density at radius 3 is 2.67 bits per heavy atom. The van der Waals surface area contributed by atoms with Crippen LogP contribution < -0.4 is 5.73 Å². The standard InChI is InChI=1S/C10H14N2OS2/c1-3-12(6-9(11)14)10(13)8-5-4-7(2)15-8/h4-5H,3,6H2,1-2H3,(H2,11,14). The Bertz CT molecular complexity index is 373. The van der Waals surface area contributed by atoms with Crippen molar-refractivity contribution in [2.75, 3.05) is 13.1 Å². The van der Waals surface area contributed by atoms with Crippen LogP contribution in [0.25, 0.3) is 0 Å². The van der Waals surface area contributed by atoms with Crippen molar-refractivity contribution in [1.82, 2.24) is 4.90 Å². The molecule has 5 heteroatoms. The number of nitrogens with two attached hydrogens (primary N) is 1. The van der Waals surface area contributed by atoms with Crippen molar-refractivity contribution in [3.8, 4) is 0 Å². The van der Waals surface area contributed by atoms with Crippen LogP contribution in [0.3, 0.4) is 0 Å². The minimum absolute atomic E-state index is 0.00315. The van der Waals surface area contributed by atoms with Crippen LogP contribution in [0.1, 0.15) is 21.5 Å². The Hall–Kier alpha value is -0.940. The van der Waals surface area contributed by atoms with Crippen molar-refractivity contribution < 1.29 is 4.79 Å². The molecule has 0 saturated carbocycles. The molecule has 1 aromatic rings. The quantitative estimate of drug-likeness (QED) is 0.819. The monoisotopic (exact) mass is 242 g/mol. The number of rotatable bonds is 4. The second kappa shape index (κ2) is 5.23. The third-order valence-electron chi connectivity index (χ3n) is 1.97. The molecule has 2 N–H and O–H groups in total. The fourth-order valence-corrected chi connectivity index (χ4v) is 2.21. The summed E-state index contributed by atoms with van der Waals surface area (Å²) < 4.78 is 0. The molecule has 0 aliphatic heterocycles. The van der Waals surface area contributed by atoms with Gasteiger partial charge in [0.2, 0.25) is 0 Å². The summed E-state index contributed by atoms with van der Waals surface area (Å²) in [6.45, 7) is 4.86. The average molecular weight is 242 g/mol. The smallest absolute Gasteiger partial charge is 0.264 e. The van der Waals surface area contributed by atoms with Gasteiger partial charge < -0.3 is 10.6 Å². The maximum absolute atomic E-state index is 11.9. The van der Waals surface area contributed by atoms with E-state index in [1.54, 1.807) is 4.90 Å². The summed E-state index contributed by atoms with van der Waals surface area (Å²) in [5, 5.41) is 0. The maximum Gasteiger partial charge on any atom is 0.264 e. The summed E-state index contributed by atoms with van der Waals surface area (Å²) in [5.74, 6) is 0.00315. The number of aryl methyl sites for hydroxylation is 1. The van der Waals surface area contributed by atoms with E-state index in [0.717, 1.165) is 9.75 Å². The van der Waals surface area contributed by atoms with Crippen molar-refractivity contribution in [1.29, 1.82) is 0 Å². The van der Waals surface area contributed by atoms with E-state index >= 15 is 0 Å². The Morgan fingerprint density at radius 1 is 1.60 bits per heavy atom. The number of hydrogen-bond donors (Lipinski definition) is 1. The first-order valence-electron chi connectivity index (χ1n) is 4.68. The molecule has 0 saturated heterocycles. The van der Waals surface area contributed by atoms with Gasteiger partial charge in [-0.3, -0.25) is 4.79 Å². The van der Waals surface area contributed by atoms with Crippen molar-refractivity contribution >= 4 is 34.5 Å². The number of amides is 1. The topological polar surface area (TPSA) is 46.3 Å². The molecule has 1 rings (SSSR count). The Balaban J connectivity index is 2.77. The lowest BCUT2D eigenvalue weighted by Gasteiger charge is -2.18. The fraction of sp³-hybridized carbons (Fsp3) is 0.400. The van der Waals surface area contributed by atoms with Gasteiger partial charge in [0.05, 0.1) is 16.4 Å². The van der Waals surface area contributed by atoms with Crippen LogP contribution in [0.2, 0.25) is 0 Å². The number of hydrogen-bond acceptors (Lipinski definition) is 3. The predicted molar refractivity (Wildman–Crippen MR) is 67.4 cm³/mol. The summed E-state index contributed by atoms with van der Waals surface area (Å²) >= 11 is 6.29. The summed E-state index contributed by atoms with van der Waals surface area (Å²) in [6.07, 6.45) is 0. The summed E-state index contributed by atoms with van der Waals surface area (Å²) in [6, 6.07) is 3.77. The van der Waals surface area contributed by atoms with Gasteiger partial charge in [-0.15, -0.1) is 11.3 Å². The summed E-state index contributed by atoms with van der Waals surface area (Å²) in [5.41, 5.74) is 5.43. The number of likely N-dealkylation sites (N-methyl/N-ethyl adjacent to an activating group) is 1. The first-order chi connectivity index (χ1) is 7.04. The lowest BCUT2D eigenvalue weighted by molar-refractivity contribution is 0.0792. The minimum atomic E-state index is 0.00315. The molecule has 1 amide bonds. The van der Waals surface area contributed by atoms with E-state index in [9.17, 15) is 4.79 Å².